The molecule has 2 N–H and O–H groups in total. The molecule has 3 rings (SSSR count). The van der Waals surface area contributed by atoms with Gasteiger partial charge in [-0.05, 0) is 24.0 Å². The average Bonchev–Trinajstić information content (AvgIpc) is 2.95. The summed E-state index contributed by atoms with van der Waals surface area (Å²) in [7, 11) is 0. The van der Waals surface area contributed by atoms with Gasteiger partial charge in [-0.3, -0.25) is 4.84 Å². The van der Waals surface area contributed by atoms with Gasteiger partial charge < -0.3 is 4.52 Å². The predicted octanol–water partition coefficient (Wildman–Crippen LogP) is 1.54. The number of fused-ring (bicyclic) bond motifs is 1. The molecule has 1 aliphatic rings. The van der Waals surface area contributed by atoms with Gasteiger partial charge in [0.25, 0.3) is 5.89 Å². The lowest BCUT2D eigenvalue weighted by Crippen LogP contribution is -2.01. The van der Waals surface area contributed by atoms with Crippen molar-refractivity contribution in [1.82, 2.24) is 10.1 Å². The summed E-state index contributed by atoms with van der Waals surface area (Å²) in [5.74, 6) is 6.36. The van der Waals surface area contributed by atoms with Crippen molar-refractivity contribution in [3.05, 3.63) is 47.1 Å². The zero-order valence-electron chi connectivity index (χ0n) is 9.30. The number of benzene rings is 1. The third-order valence-corrected chi connectivity index (χ3v) is 3.14. The summed E-state index contributed by atoms with van der Waals surface area (Å²) in [4.78, 5) is 8.78. The molecule has 0 fully saturated rings. The highest BCUT2D eigenvalue weighted by atomic mass is 16.6. The van der Waals surface area contributed by atoms with Crippen molar-refractivity contribution in [3.8, 4) is 0 Å². The number of hydrogen-bond acceptors (Lipinski definition) is 5. The number of aromatic nitrogens is 2. The maximum atomic E-state index is 5.07. The first kappa shape index (κ1) is 10.4. The van der Waals surface area contributed by atoms with Crippen molar-refractivity contribution in [2.75, 3.05) is 0 Å². The molecule has 1 aromatic heterocycles. The fourth-order valence-corrected chi connectivity index (χ4v) is 2.36. The number of nitrogens with zero attached hydrogens (tertiary/aromatic N) is 2. The molecule has 1 aromatic carbocycles. The van der Waals surface area contributed by atoms with Crippen molar-refractivity contribution < 1.29 is 9.36 Å². The van der Waals surface area contributed by atoms with Gasteiger partial charge in [0, 0.05) is 5.92 Å². The van der Waals surface area contributed by atoms with Gasteiger partial charge in [-0.25, -0.2) is 5.90 Å². The van der Waals surface area contributed by atoms with Crippen LogP contribution in [-0.2, 0) is 17.9 Å². The smallest absolute Gasteiger partial charge is 0.254 e. The van der Waals surface area contributed by atoms with Gasteiger partial charge in [-0.2, -0.15) is 4.98 Å². The molecule has 88 valence electrons. The molecule has 0 aliphatic heterocycles. The van der Waals surface area contributed by atoms with Crippen LogP contribution in [0.1, 0.15) is 35.2 Å². The Morgan fingerprint density at radius 2 is 2.29 bits per heavy atom. The van der Waals surface area contributed by atoms with Gasteiger partial charge in [0.15, 0.2) is 5.82 Å². The van der Waals surface area contributed by atoms with E-state index >= 15 is 0 Å². The van der Waals surface area contributed by atoms with E-state index in [1.165, 1.54) is 11.1 Å². The molecule has 1 aliphatic carbocycles. The molecule has 2 aromatic rings. The second-order valence-electron chi connectivity index (χ2n) is 4.15. The van der Waals surface area contributed by atoms with Crippen LogP contribution in [0.3, 0.4) is 0 Å². The molecule has 1 atom stereocenters. The first-order chi connectivity index (χ1) is 8.38. The minimum Gasteiger partial charge on any atom is -0.337 e. The highest BCUT2D eigenvalue weighted by Gasteiger charge is 2.27. The highest BCUT2D eigenvalue weighted by molar-refractivity contribution is 5.38. The average molecular weight is 231 g/mol. The van der Waals surface area contributed by atoms with Gasteiger partial charge in [0.05, 0.1) is 0 Å². The van der Waals surface area contributed by atoms with E-state index in [4.69, 9.17) is 10.4 Å². The van der Waals surface area contributed by atoms with Gasteiger partial charge in [0.2, 0.25) is 0 Å². The summed E-state index contributed by atoms with van der Waals surface area (Å²) >= 11 is 0. The Hall–Kier alpha value is -1.72. The van der Waals surface area contributed by atoms with Crippen molar-refractivity contribution in [2.45, 2.75) is 25.4 Å². The lowest BCUT2D eigenvalue weighted by Gasteiger charge is -2.05. The summed E-state index contributed by atoms with van der Waals surface area (Å²) in [6.07, 6.45) is 2.10. The molecule has 17 heavy (non-hydrogen) atoms. The van der Waals surface area contributed by atoms with E-state index in [9.17, 15) is 0 Å². The fourth-order valence-electron chi connectivity index (χ4n) is 2.36. The molecule has 5 nitrogen and oxygen atoms in total. The third-order valence-electron chi connectivity index (χ3n) is 3.14. The lowest BCUT2D eigenvalue weighted by atomic mass is 10.0. The summed E-state index contributed by atoms with van der Waals surface area (Å²) in [6, 6.07) is 8.38. The van der Waals surface area contributed by atoms with Crippen molar-refractivity contribution in [3.63, 3.8) is 0 Å². The van der Waals surface area contributed by atoms with Crippen LogP contribution in [0.25, 0.3) is 0 Å². The summed E-state index contributed by atoms with van der Waals surface area (Å²) in [6.45, 7) is 0.154. The second-order valence-corrected chi connectivity index (χ2v) is 4.15. The molecule has 1 unspecified atom stereocenters. The van der Waals surface area contributed by atoms with Crippen LogP contribution in [0.15, 0.2) is 28.8 Å². The van der Waals surface area contributed by atoms with Crippen LogP contribution < -0.4 is 5.90 Å². The molecule has 0 saturated heterocycles. The van der Waals surface area contributed by atoms with Crippen LogP contribution in [0.2, 0.25) is 0 Å². The SMILES string of the molecule is NOCc1nc(C2CCc3ccccc32)no1. The van der Waals surface area contributed by atoms with E-state index in [-0.39, 0.29) is 12.5 Å². The number of hydrogen-bond donors (Lipinski definition) is 1. The predicted molar refractivity (Wildman–Crippen MR) is 59.9 cm³/mol. The quantitative estimate of drug-likeness (QED) is 0.811. The first-order valence-corrected chi connectivity index (χ1v) is 5.60. The van der Waals surface area contributed by atoms with Gasteiger partial charge >= 0.3 is 0 Å². The van der Waals surface area contributed by atoms with E-state index in [2.05, 4.69) is 33.2 Å². The monoisotopic (exact) mass is 231 g/mol. The van der Waals surface area contributed by atoms with Gasteiger partial charge in [0.1, 0.15) is 6.61 Å². The minimum atomic E-state index is 0.154. The second kappa shape index (κ2) is 4.27. The van der Waals surface area contributed by atoms with E-state index in [1.807, 2.05) is 6.07 Å². The van der Waals surface area contributed by atoms with Crippen LogP contribution >= 0.6 is 0 Å². The Kier molecular flexibility index (Phi) is 2.62. The first-order valence-electron chi connectivity index (χ1n) is 5.60. The number of aryl methyl sites for hydroxylation is 1. The summed E-state index contributed by atoms with van der Waals surface area (Å²) in [5, 5.41) is 3.99. The standard InChI is InChI=1S/C12H13N3O2/c13-16-7-11-14-12(15-17-11)10-6-5-8-3-1-2-4-9(8)10/h1-4,10H,5-7,13H2. The van der Waals surface area contributed by atoms with E-state index in [0.717, 1.165) is 18.7 Å². The molecule has 0 amide bonds. The molecule has 1 heterocycles. The van der Waals surface area contributed by atoms with Gasteiger partial charge in [-0.1, -0.05) is 29.4 Å². The lowest BCUT2D eigenvalue weighted by molar-refractivity contribution is 0.0995. The maximum absolute atomic E-state index is 5.07. The Labute approximate surface area is 98.5 Å². The molecule has 0 bridgehead atoms. The van der Waals surface area contributed by atoms with Crippen molar-refractivity contribution in [1.29, 1.82) is 0 Å². The van der Waals surface area contributed by atoms with E-state index in [0.29, 0.717) is 5.89 Å². The van der Waals surface area contributed by atoms with Crippen LogP contribution in [0.5, 0.6) is 0 Å². The van der Waals surface area contributed by atoms with E-state index in [1.54, 1.807) is 0 Å². The molecular weight excluding hydrogens is 218 g/mol. The molecule has 0 radical (unpaired) electrons. The Morgan fingerprint density at radius 3 is 3.18 bits per heavy atom. The maximum Gasteiger partial charge on any atom is 0.254 e. The Bertz CT molecular complexity index is 524. The normalized spacial score (nSPS) is 18.3. The summed E-state index contributed by atoms with van der Waals surface area (Å²) in [5.41, 5.74) is 2.67. The molecule has 0 spiro atoms. The Balaban J connectivity index is 1.90. The van der Waals surface area contributed by atoms with Crippen molar-refractivity contribution in [2.24, 2.45) is 5.90 Å². The molecule has 5 heteroatoms. The largest absolute Gasteiger partial charge is 0.337 e. The minimum absolute atomic E-state index is 0.154. The van der Waals surface area contributed by atoms with Crippen LogP contribution in [-0.4, -0.2) is 10.1 Å². The zero-order chi connectivity index (χ0) is 11.7. The van der Waals surface area contributed by atoms with Crippen molar-refractivity contribution >= 4 is 0 Å². The number of nitrogens with two attached hydrogens (primary N) is 1. The topological polar surface area (TPSA) is 74.2 Å². The third kappa shape index (κ3) is 1.83. The fraction of sp³-hybridized carbons (Fsp3) is 0.333. The summed E-state index contributed by atoms with van der Waals surface area (Å²) < 4.78 is 5.07. The zero-order valence-corrected chi connectivity index (χ0v) is 9.30. The highest BCUT2D eigenvalue weighted by Crippen LogP contribution is 2.36. The molecule has 0 saturated carbocycles. The number of rotatable bonds is 3. The Morgan fingerprint density at radius 1 is 1.41 bits per heavy atom. The van der Waals surface area contributed by atoms with Crippen LogP contribution in [0, 0.1) is 0 Å². The van der Waals surface area contributed by atoms with E-state index < -0.39 is 0 Å². The van der Waals surface area contributed by atoms with Crippen LogP contribution in [0.4, 0.5) is 0 Å². The molecular formula is C12H13N3O2. The van der Waals surface area contributed by atoms with Gasteiger partial charge in [-0.15, -0.1) is 0 Å².